The van der Waals surface area contributed by atoms with E-state index in [1.807, 2.05) is 56.3 Å². The van der Waals surface area contributed by atoms with Gasteiger partial charge in [0, 0.05) is 34.7 Å². The Morgan fingerprint density at radius 2 is 1.56 bits per heavy atom. The average Bonchev–Trinajstić information content (AvgIpc) is 3.44. The molecule has 0 saturated heterocycles. The van der Waals surface area contributed by atoms with Gasteiger partial charge >= 0.3 is 0 Å². The van der Waals surface area contributed by atoms with Crippen LogP contribution in [0.3, 0.4) is 0 Å². The number of carbonyl (C=O) groups is 2. The second-order valence-electron chi connectivity index (χ2n) is 10.7. The monoisotopic (exact) mass is 616 g/mol. The number of benzene rings is 3. The maximum Gasteiger partial charge on any atom is 0.251 e. The van der Waals surface area contributed by atoms with Crippen LogP contribution in [0.2, 0.25) is 5.02 Å². The fourth-order valence-corrected chi connectivity index (χ4v) is 5.76. The van der Waals surface area contributed by atoms with Crippen molar-refractivity contribution in [2.75, 3.05) is 17.9 Å². The smallest absolute Gasteiger partial charge is 0.251 e. The van der Waals surface area contributed by atoms with Gasteiger partial charge in [0.05, 0.1) is 5.75 Å². The summed E-state index contributed by atoms with van der Waals surface area (Å²) in [6.45, 7) is 8.33. The summed E-state index contributed by atoms with van der Waals surface area (Å²) in [4.78, 5) is 38.8. The van der Waals surface area contributed by atoms with Crippen molar-refractivity contribution in [2.45, 2.75) is 51.4 Å². The topological polar surface area (TPSA) is 93.7 Å². The van der Waals surface area contributed by atoms with Crippen LogP contribution in [0.4, 0.5) is 5.69 Å². The fraction of sp³-hybridized carbons (Fsp3) is 0.273. The molecule has 222 valence electrons. The summed E-state index contributed by atoms with van der Waals surface area (Å²) in [6.07, 6.45) is 0. The van der Waals surface area contributed by atoms with Crippen molar-refractivity contribution in [3.8, 4) is 11.5 Å². The number of aryl methyl sites for hydroxylation is 2. The van der Waals surface area contributed by atoms with E-state index in [-0.39, 0.29) is 30.9 Å². The summed E-state index contributed by atoms with van der Waals surface area (Å²) in [5.74, 6) is 0.941. The van der Waals surface area contributed by atoms with E-state index in [1.165, 1.54) is 11.8 Å². The number of aromatic nitrogens is 2. The van der Waals surface area contributed by atoms with E-state index in [1.54, 1.807) is 35.2 Å². The van der Waals surface area contributed by atoms with Gasteiger partial charge < -0.3 is 19.7 Å². The summed E-state index contributed by atoms with van der Waals surface area (Å²) >= 11 is 7.40. The maximum atomic E-state index is 14.2. The van der Waals surface area contributed by atoms with E-state index in [0.29, 0.717) is 38.8 Å². The highest BCUT2D eigenvalue weighted by atomic mass is 35.5. The second kappa shape index (κ2) is 13.5. The Bertz CT molecular complexity index is 1590. The number of fused-ring (bicyclic) bond motifs is 1. The number of ether oxygens (including phenoxy) is 2. The van der Waals surface area contributed by atoms with Crippen molar-refractivity contribution in [1.82, 2.24) is 14.9 Å². The molecule has 1 aromatic heterocycles. The molecule has 2 amide bonds. The normalized spacial score (nSPS) is 12.7. The number of carbonyl (C=O) groups excluding carboxylic acids is 2. The molecule has 3 aromatic carbocycles. The van der Waals surface area contributed by atoms with E-state index in [2.05, 4.69) is 29.1 Å². The number of rotatable bonds is 10. The number of hydrogen-bond acceptors (Lipinski definition) is 7. The second-order valence-corrected chi connectivity index (χ2v) is 12.0. The van der Waals surface area contributed by atoms with Crippen LogP contribution in [-0.4, -0.2) is 39.2 Å². The number of nitrogens with one attached hydrogen (secondary N) is 1. The summed E-state index contributed by atoms with van der Waals surface area (Å²) in [5, 5.41) is 4.11. The Hall–Kier alpha value is -4.08. The highest BCUT2D eigenvalue weighted by Gasteiger charge is 2.32. The van der Waals surface area contributed by atoms with Gasteiger partial charge in [-0.15, -0.1) is 0 Å². The van der Waals surface area contributed by atoms with Crippen LogP contribution in [0.25, 0.3) is 0 Å². The lowest BCUT2D eigenvalue weighted by Gasteiger charge is -2.32. The van der Waals surface area contributed by atoms with E-state index < -0.39 is 6.04 Å². The molecule has 43 heavy (non-hydrogen) atoms. The molecule has 0 radical (unpaired) electrons. The van der Waals surface area contributed by atoms with Gasteiger partial charge in [0.15, 0.2) is 16.7 Å². The Kier molecular flexibility index (Phi) is 9.52. The van der Waals surface area contributed by atoms with Gasteiger partial charge in [0.25, 0.3) is 5.91 Å². The highest BCUT2D eigenvalue weighted by Crippen LogP contribution is 2.35. The fourth-order valence-electron chi connectivity index (χ4n) is 4.80. The van der Waals surface area contributed by atoms with Crippen molar-refractivity contribution >= 4 is 40.9 Å². The van der Waals surface area contributed by atoms with Crippen LogP contribution in [0.15, 0.2) is 78.0 Å². The predicted molar refractivity (Wildman–Crippen MR) is 169 cm³/mol. The van der Waals surface area contributed by atoms with Crippen LogP contribution in [0.5, 0.6) is 11.5 Å². The number of amides is 2. The van der Waals surface area contributed by atoms with Crippen LogP contribution in [-0.2, 0) is 16.1 Å². The molecule has 0 spiro atoms. The molecule has 5 rings (SSSR count). The first-order valence-electron chi connectivity index (χ1n) is 14.0. The van der Waals surface area contributed by atoms with Gasteiger partial charge in [-0.1, -0.05) is 73.6 Å². The first kappa shape index (κ1) is 30.4. The van der Waals surface area contributed by atoms with Crippen LogP contribution in [0, 0.1) is 13.8 Å². The number of thioether (sulfide) groups is 1. The molecule has 1 aliphatic heterocycles. The van der Waals surface area contributed by atoms with E-state index in [4.69, 9.17) is 21.1 Å². The maximum absolute atomic E-state index is 14.2. The van der Waals surface area contributed by atoms with Gasteiger partial charge in [0.1, 0.15) is 6.04 Å². The van der Waals surface area contributed by atoms with Crippen molar-refractivity contribution in [3.05, 3.63) is 106 Å². The first-order valence-corrected chi connectivity index (χ1v) is 15.3. The highest BCUT2D eigenvalue weighted by molar-refractivity contribution is 7.99. The number of hydrogen-bond donors (Lipinski definition) is 1. The standard InChI is InChI=1S/C33H33ClN4O4S/c1-20(2)24-7-9-25(10-8-24)31(32(40)37-27-13-14-28-29(16-27)42-19-41-28)38(17-23-5-11-26(34)12-6-23)30(39)18-43-33-35-21(3)15-22(4)36-33/h5-16,20,31H,17-19H2,1-4H3,(H,37,40). The predicted octanol–water partition coefficient (Wildman–Crippen LogP) is 7.10. The van der Waals surface area contributed by atoms with Crippen LogP contribution >= 0.6 is 23.4 Å². The first-order chi connectivity index (χ1) is 20.7. The quantitative estimate of drug-likeness (QED) is 0.150. The molecule has 1 atom stereocenters. The molecule has 0 bridgehead atoms. The van der Waals surface area contributed by atoms with E-state index in [9.17, 15) is 9.59 Å². The molecule has 2 heterocycles. The zero-order valence-electron chi connectivity index (χ0n) is 24.5. The molecule has 10 heteroatoms. The van der Waals surface area contributed by atoms with Crippen molar-refractivity contribution in [1.29, 1.82) is 0 Å². The van der Waals surface area contributed by atoms with E-state index >= 15 is 0 Å². The summed E-state index contributed by atoms with van der Waals surface area (Å²) in [7, 11) is 0. The van der Waals surface area contributed by atoms with Crippen molar-refractivity contribution in [2.24, 2.45) is 0 Å². The van der Waals surface area contributed by atoms with Gasteiger partial charge in [0.2, 0.25) is 12.7 Å². The number of halogens is 1. The lowest BCUT2D eigenvalue weighted by atomic mass is 9.97. The summed E-state index contributed by atoms with van der Waals surface area (Å²) in [6, 6.07) is 21.3. The minimum Gasteiger partial charge on any atom is -0.454 e. The molecular formula is C33H33ClN4O4S. The van der Waals surface area contributed by atoms with Gasteiger partial charge in [-0.3, -0.25) is 9.59 Å². The molecule has 0 fully saturated rings. The molecule has 1 unspecified atom stereocenters. The summed E-state index contributed by atoms with van der Waals surface area (Å²) < 4.78 is 10.9. The third kappa shape index (κ3) is 7.66. The average molecular weight is 617 g/mol. The SMILES string of the molecule is Cc1cc(C)nc(SCC(=O)N(Cc2ccc(Cl)cc2)C(C(=O)Nc2ccc3c(c2)OCO3)c2ccc(C(C)C)cc2)n1. The van der Waals surface area contributed by atoms with Crippen molar-refractivity contribution in [3.63, 3.8) is 0 Å². The molecular weight excluding hydrogens is 584 g/mol. The zero-order chi connectivity index (χ0) is 30.5. The minimum atomic E-state index is -0.935. The molecule has 0 aliphatic carbocycles. The third-order valence-corrected chi connectivity index (χ3v) is 8.08. The Labute approximate surface area is 260 Å². The molecule has 1 N–H and O–H groups in total. The lowest BCUT2D eigenvalue weighted by molar-refractivity contribution is -0.137. The molecule has 0 saturated carbocycles. The largest absolute Gasteiger partial charge is 0.454 e. The molecule has 1 aliphatic rings. The van der Waals surface area contributed by atoms with Crippen molar-refractivity contribution < 1.29 is 19.1 Å². The molecule has 4 aromatic rings. The zero-order valence-corrected chi connectivity index (χ0v) is 26.0. The van der Waals surface area contributed by atoms with Crippen LogP contribution < -0.4 is 14.8 Å². The lowest BCUT2D eigenvalue weighted by Crippen LogP contribution is -2.41. The number of anilines is 1. The van der Waals surface area contributed by atoms with E-state index in [0.717, 1.165) is 22.5 Å². The van der Waals surface area contributed by atoms with Gasteiger partial charge in [-0.05, 0) is 66.8 Å². The Balaban J connectivity index is 1.50. The van der Waals surface area contributed by atoms with Crippen LogP contribution in [0.1, 0.15) is 53.9 Å². The van der Waals surface area contributed by atoms with Gasteiger partial charge in [-0.2, -0.15) is 0 Å². The summed E-state index contributed by atoms with van der Waals surface area (Å²) in [5.41, 5.74) is 4.85. The number of nitrogens with zero attached hydrogens (tertiary/aromatic N) is 3. The Morgan fingerprint density at radius 1 is 0.907 bits per heavy atom. The van der Waals surface area contributed by atoms with Gasteiger partial charge in [-0.25, -0.2) is 9.97 Å². The third-order valence-electron chi connectivity index (χ3n) is 6.99. The minimum absolute atomic E-state index is 0.0500. The Morgan fingerprint density at radius 3 is 2.23 bits per heavy atom. The molecule has 8 nitrogen and oxygen atoms in total.